The van der Waals surface area contributed by atoms with E-state index in [0.29, 0.717) is 19.6 Å². The van der Waals surface area contributed by atoms with Crippen LogP contribution < -0.4 is 5.32 Å². The van der Waals surface area contributed by atoms with Gasteiger partial charge in [-0.15, -0.1) is 0 Å². The van der Waals surface area contributed by atoms with Crippen LogP contribution in [0.15, 0.2) is 18.2 Å². The number of hydrogen-bond donors (Lipinski definition) is 1. The van der Waals surface area contributed by atoms with Gasteiger partial charge in [-0.3, -0.25) is 9.59 Å². The van der Waals surface area contributed by atoms with Crippen LogP contribution in [0.5, 0.6) is 0 Å². The van der Waals surface area contributed by atoms with Crippen LogP contribution in [0.2, 0.25) is 0 Å². The van der Waals surface area contributed by atoms with E-state index in [-0.39, 0.29) is 24.4 Å². The zero-order chi connectivity index (χ0) is 18.3. The number of carbonyl (C=O) groups excluding carboxylic acids is 2. The van der Waals surface area contributed by atoms with Crippen molar-refractivity contribution in [3.05, 3.63) is 34.9 Å². The fourth-order valence-corrected chi connectivity index (χ4v) is 4.64. The fourth-order valence-electron chi connectivity index (χ4n) is 4.64. The summed E-state index contributed by atoms with van der Waals surface area (Å²) >= 11 is 0. The molecular formula is C21H29N3O2. The number of hydrogen-bond acceptors (Lipinski definition) is 3. The summed E-state index contributed by atoms with van der Waals surface area (Å²) < 4.78 is 0. The third-order valence-corrected chi connectivity index (χ3v) is 6.54. The molecule has 2 heterocycles. The van der Waals surface area contributed by atoms with Crippen LogP contribution in [0.4, 0.5) is 0 Å². The van der Waals surface area contributed by atoms with Crippen molar-refractivity contribution in [1.29, 1.82) is 0 Å². The molecule has 1 aliphatic carbocycles. The molecule has 2 amide bonds. The van der Waals surface area contributed by atoms with Gasteiger partial charge in [0.1, 0.15) is 12.1 Å². The second-order valence-electron chi connectivity index (χ2n) is 8.26. The molecule has 2 saturated heterocycles. The monoisotopic (exact) mass is 355 g/mol. The second kappa shape index (κ2) is 6.69. The molecule has 0 radical (unpaired) electrons. The van der Waals surface area contributed by atoms with Gasteiger partial charge >= 0.3 is 0 Å². The Morgan fingerprint density at radius 1 is 1.08 bits per heavy atom. The summed E-state index contributed by atoms with van der Waals surface area (Å²) in [5.74, 6) is 0.251. The first kappa shape index (κ1) is 17.5. The Kier molecular flexibility index (Phi) is 4.51. The summed E-state index contributed by atoms with van der Waals surface area (Å²) in [5.41, 5.74) is 2.90. The van der Waals surface area contributed by atoms with E-state index in [1.807, 2.05) is 9.80 Å². The van der Waals surface area contributed by atoms with Gasteiger partial charge in [0.2, 0.25) is 5.91 Å². The lowest BCUT2D eigenvalue weighted by molar-refractivity contribution is -0.173. The van der Waals surface area contributed by atoms with Crippen molar-refractivity contribution >= 4 is 11.8 Å². The molecule has 4 rings (SSSR count). The highest BCUT2D eigenvalue weighted by Crippen LogP contribution is 2.34. The van der Waals surface area contributed by atoms with Gasteiger partial charge in [-0.05, 0) is 43.4 Å². The first-order chi connectivity index (χ1) is 12.5. The third-order valence-electron chi connectivity index (χ3n) is 6.54. The number of piperazine rings is 1. The fraction of sp³-hybridized carbons (Fsp3) is 0.619. The van der Waals surface area contributed by atoms with E-state index < -0.39 is 5.54 Å². The maximum atomic E-state index is 13.4. The Labute approximate surface area is 155 Å². The number of nitrogens with one attached hydrogen (secondary N) is 1. The molecule has 1 N–H and O–H groups in total. The molecule has 5 heteroatoms. The SMILES string of the molecule is Cc1ccc(CN2C(=O)CN(C3CCCCC3)C(=O)C23CNC3)cc1C. The van der Waals surface area contributed by atoms with Gasteiger partial charge in [0.25, 0.3) is 5.91 Å². The topological polar surface area (TPSA) is 52.7 Å². The van der Waals surface area contributed by atoms with Gasteiger partial charge in [-0.1, -0.05) is 37.5 Å². The van der Waals surface area contributed by atoms with Gasteiger partial charge in [-0.25, -0.2) is 0 Å². The summed E-state index contributed by atoms with van der Waals surface area (Å²) in [6.45, 7) is 6.10. The van der Waals surface area contributed by atoms with Gasteiger partial charge in [0, 0.05) is 25.7 Å². The first-order valence-corrected chi connectivity index (χ1v) is 9.90. The molecule has 3 fully saturated rings. The predicted octanol–water partition coefficient (Wildman–Crippen LogP) is 2.15. The smallest absolute Gasteiger partial charge is 0.251 e. The van der Waals surface area contributed by atoms with Gasteiger partial charge < -0.3 is 15.1 Å². The molecule has 0 atom stereocenters. The minimum atomic E-state index is -0.675. The molecule has 1 aromatic carbocycles. The number of carbonyl (C=O) groups is 2. The highest BCUT2D eigenvalue weighted by Gasteiger charge is 2.57. The molecule has 0 aromatic heterocycles. The standard InChI is InChI=1S/C21H29N3O2/c1-15-8-9-17(10-16(15)2)11-24-19(25)12-23(18-6-4-3-5-7-18)20(26)21(24)13-22-14-21/h8-10,18,22H,3-7,11-14H2,1-2H3. The lowest BCUT2D eigenvalue weighted by Gasteiger charge is -2.55. The number of aryl methyl sites for hydroxylation is 2. The molecular weight excluding hydrogens is 326 g/mol. The number of benzene rings is 1. The van der Waals surface area contributed by atoms with Crippen LogP contribution in [0.3, 0.4) is 0 Å². The van der Waals surface area contributed by atoms with E-state index in [1.54, 1.807) is 0 Å². The summed E-state index contributed by atoms with van der Waals surface area (Å²) in [6.07, 6.45) is 5.66. The van der Waals surface area contributed by atoms with Crippen LogP contribution in [0.25, 0.3) is 0 Å². The first-order valence-electron chi connectivity index (χ1n) is 9.90. The zero-order valence-electron chi connectivity index (χ0n) is 15.9. The highest BCUT2D eigenvalue weighted by atomic mass is 16.2. The molecule has 3 aliphatic rings. The minimum absolute atomic E-state index is 0.0925. The summed E-state index contributed by atoms with van der Waals surface area (Å²) in [7, 11) is 0. The minimum Gasteiger partial charge on any atom is -0.328 e. The molecule has 0 bridgehead atoms. The molecule has 0 unspecified atom stereocenters. The van der Waals surface area contributed by atoms with Crippen molar-refractivity contribution in [3.63, 3.8) is 0 Å². The average molecular weight is 355 g/mol. The maximum Gasteiger partial charge on any atom is 0.251 e. The molecule has 26 heavy (non-hydrogen) atoms. The lowest BCUT2D eigenvalue weighted by atomic mass is 9.83. The Bertz CT molecular complexity index is 720. The molecule has 5 nitrogen and oxygen atoms in total. The van der Waals surface area contributed by atoms with E-state index in [0.717, 1.165) is 18.4 Å². The van der Waals surface area contributed by atoms with Crippen molar-refractivity contribution in [3.8, 4) is 0 Å². The van der Waals surface area contributed by atoms with Gasteiger partial charge in [-0.2, -0.15) is 0 Å². The van der Waals surface area contributed by atoms with Crippen LogP contribution in [-0.2, 0) is 16.1 Å². The van der Waals surface area contributed by atoms with E-state index >= 15 is 0 Å². The zero-order valence-corrected chi connectivity index (χ0v) is 15.9. The maximum absolute atomic E-state index is 13.4. The average Bonchev–Trinajstić information content (AvgIpc) is 2.60. The van der Waals surface area contributed by atoms with E-state index in [9.17, 15) is 9.59 Å². The van der Waals surface area contributed by atoms with E-state index in [2.05, 4.69) is 37.4 Å². The molecule has 140 valence electrons. The largest absolute Gasteiger partial charge is 0.328 e. The Balaban J connectivity index is 1.58. The van der Waals surface area contributed by atoms with Gasteiger partial charge in [0.05, 0.1) is 0 Å². The van der Waals surface area contributed by atoms with Gasteiger partial charge in [0.15, 0.2) is 0 Å². The quantitative estimate of drug-likeness (QED) is 0.904. The lowest BCUT2D eigenvalue weighted by Crippen LogP contribution is -2.80. The molecule has 1 aromatic rings. The van der Waals surface area contributed by atoms with E-state index in [1.165, 1.54) is 30.4 Å². The Morgan fingerprint density at radius 3 is 2.42 bits per heavy atom. The summed E-state index contributed by atoms with van der Waals surface area (Å²) in [4.78, 5) is 30.2. The Morgan fingerprint density at radius 2 is 1.81 bits per heavy atom. The van der Waals surface area contributed by atoms with Crippen molar-refractivity contribution in [2.24, 2.45) is 0 Å². The van der Waals surface area contributed by atoms with Crippen molar-refractivity contribution < 1.29 is 9.59 Å². The normalized spacial score (nSPS) is 23.5. The highest BCUT2D eigenvalue weighted by molar-refractivity contribution is 5.99. The molecule has 1 spiro atoms. The number of nitrogens with zero attached hydrogens (tertiary/aromatic N) is 2. The molecule has 2 aliphatic heterocycles. The number of rotatable bonds is 3. The van der Waals surface area contributed by atoms with Crippen molar-refractivity contribution in [2.45, 2.75) is 64.1 Å². The number of amides is 2. The van der Waals surface area contributed by atoms with Crippen LogP contribution in [0, 0.1) is 13.8 Å². The van der Waals surface area contributed by atoms with Crippen LogP contribution >= 0.6 is 0 Å². The Hall–Kier alpha value is -1.88. The van der Waals surface area contributed by atoms with Crippen LogP contribution in [0.1, 0.15) is 48.8 Å². The van der Waals surface area contributed by atoms with E-state index in [4.69, 9.17) is 0 Å². The predicted molar refractivity (Wildman–Crippen MR) is 101 cm³/mol. The summed E-state index contributed by atoms with van der Waals surface area (Å²) in [6, 6.07) is 6.57. The van der Waals surface area contributed by atoms with Crippen LogP contribution in [-0.4, -0.2) is 52.8 Å². The van der Waals surface area contributed by atoms with Crippen molar-refractivity contribution in [1.82, 2.24) is 15.1 Å². The van der Waals surface area contributed by atoms with Crippen molar-refractivity contribution in [2.75, 3.05) is 19.6 Å². The summed E-state index contributed by atoms with van der Waals surface area (Å²) in [5, 5.41) is 3.24. The second-order valence-corrected chi connectivity index (χ2v) is 8.26. The third kappa shape index (κ3) is 2.82. The molecule has 1 saturated carbocycles.